The number of nitrogen functional groups attached to an aromatic ring is 1. The lowest BCUT2D eigenvalue weighted by molar-refractivity contribution is 0.0947. The minimum absolute atomic E-state index is 0.136. The Morgan fingerprint density at radius 2 is 2.16 bits per heavy atom. The van der Waals surface area contributed by atoms with Crippen molar-refractivity contribution in [2.45, 2.75) is 38.5 Å². The summed E-state index contributed by atoms with van der Waals surface area (Å²) in [5.74, 6) is 6.50. The first kappa shape index (κ1) is 13.8. The van der Waals surface area contributed by atoms with Gasteiger partial charge in [-0.2, -0.15) is 0 Å². The van der Waals surface area contributed by atoms with Crippen LogP contribution >= 0.6 is 0 Å². The van der Waals surface area contributed by atoms with Gasteiger partial charge < -0.3 is 10.7 Å². The molecule has 5 heteroatoms. The molecular weight excluding hydrogens is 240 g/mol. The lowest BCUT2D eigenvalue weighted by atomic mass is 10.0. The number of rotatable bonds is 6. The summed E-state index contributed by atoms with van der Waals surface area (Å²) in [4.78, 5) is 16.0. The molecule has 1 amide bonds. The maximum atomic E-state index is 11.9. The molecule has 0 bridgehead atoms. The van der Waals surface area contributed by atoms with Crippen molar-refractivity contribution in [3.8, 4) is 0 Å². The Hall–Kier alpha value is -1.62. The van der Waals surface area contributed by atoms with Crippen LogP contribution in [0.4, 0.5) is 5.82 Å². The molecule has 0 aromatic carbocycles. The third-order valence-electron chi connectivity index (χ3n) is 3.68. The van der Waals surface area contributed by atoms with Crippen LogP contribution in [-0.4, -0.2) is 17.4 Å². The summed E-state index contributed by atoms with van der Waals surface area (Å²) in [5, 5.41) is 2.90. The lowest BCUT2D eigenvalue weighted by Crippen LogP contribution is -2.26. The van der Waals surface area contributed by atoms with E-state index < -0.39 is 0 Å². The van der Waals surface area contributed by atoms with E-state index in [0.29, 0.717) is 11.5 Å². The number of anilines is 1. The SMILES string of the molecule is NNc1cccc(C(=O)NCCCC2CCCC2)n1. The molecule has 0 aliphatic heterocycles. The van der Waals surface area contributed by atoms with Gasteiger partial charge in [0.05, 0.1) is 0 Å². The molecule has 1 aromatic heterocycles. The number of carbonyl (C=O) groups is 1. The maximum Gasteiger partial charge on any atom is 0.269 e. The van der Waals surface area contributed by atoms with Crippen LogP contribution in [0.2, 0.25) is 0 Å². The molecule has 0 atom stereocenters. The number of pyridine rings is 1. The number of amides is 1. The predicted octanol–water partition coefficient (Wildman–Crippen LogP) is 2.07. The van der Waals surface area contributed by atoms with Gasteiger partial charge in [-0.15, -0.1) is 0 Å². The van der Waals surface area contributed by atoms with Crippen LogP contribution in [0.3, 0.4) is 0 Å². The van der Waals surface area contributed by atoms with E-state index in [4.69, 9.17) is 5.84 Å². The van der Waals surface area contributed by atoms with Crippen LogP contribution < -0.4 is 16.6 Å². The van der Waals surface area contributed by atoms with Gasteiger partial charge in [-0.05, 0) is 30.9 Å². The summed E-state index contributed by atoms with van der Waals surface area (Å²) in [7, 11) is 0. The monoisotopic (exact) mass is 262 g/mol. The van der Waals surface area contributed by atoms with Crippen molar-refractivity contribution < 1.29 is 4.79 Å². The Balaban J connectivity index is 1.71. The van der Waals surface area contributed by atoms with Crippen LogP contribution in [0, 0.1) is 5.92 Å². The third kappa shape index (κ3) is 4.21. The molecule has 0 radical (unpaired) electrons. The summed E-state index contributed by atoms with van der Waals surface area (Å²) >= 11 is 0. The van der Waals surface area contributed by atoms with Crippen molar-refractivity contribution in [3.63, 3.8) is 0 Å². The largest absolute Gasteiger partial charge is 0.351 e. The summed E-state index contributed by atoms with van der Waals surface area (Å²) in [6.07, 6.45) is 7.74. The number of hydrogen-bond donors (Lipinski definition) is 3. The number of nitrogens with one attached hydrogen (secondary N) is 2. The van der Waals surface area contributed by atoms with E-state index in [9.17, 15) is 4.79 Å². The van der Waals surface area contributed by atoms with Crippen molar-refractivity contribution >= 4 is 11.7 Å². The Morgan fingerprint density at radius 1 is 1.37 bits per heavy atom. The van der Waals surface area contributed by atoms with E-state index in [0.717, 1.165) is 18.9 Å². The number of nitrogens with two attached hydrogens (primary N) is 1. The molecule has 2 rings (SSSR count). The standard InChI is InChI=1S/C14H22N4O/c15-18-13-9-3-8-12(17-13)14(19)16-10-4-7-11-5-1-2-6-11/h3,8-9,11H,1-2,4-7,10,15H2,(H,16,19)(H,17,18). The second kappa shape index (κ2) is 7.09. The molecule has 4 N–H and O–H groups in total. The summed E-state index contributed by atoms with van der Waals surface area (Å²) in [6.45, 7) is 0.720. The molecular formula is C14H22N4O. The van der Waals surface area contributed by atoms with E-state index in [2.05, 4.69) is 15.7 Å². The molecule has 5 nitrogen and oxygen atoms in total. The summed E-state index contributed by atoms with van der Waals surface area (Å²) in [6, 6.07) is 5.17. The molecule has 1 aromatic rings. The number of carbonyl (C=O) groups excluding carboxylic acids is 1. The molecule has 1 saturated carbocycles. The average Bonchev–Trinajstić information content (AvgIpc) is 2.96. The van der Waals surface area contributed by atoms with E-state index >= 15 is 0 Å². The van der Waals surface area contributed by atoms with Crippen LogP contribution in [0.25, 0.3) is 0 Å². The van der Waals surface area contributed by atoms with Crippen molar-refractivity contribution in [3.05, 3.63) is 23.9 Å². The van der Waals surface area contributed by atoms with Gasteiger partial charge in [0, 0.05) is 6.54 Å². The molecule has 104 valence electrons. The van der Waals surface area contributed by atoms with Gasteiger partial charge >= 0.3 is 0 Å². The molecule has 1 aliphatic rings. The van der Waals surface area contributed by atoms with Crippen molar-refractivity contribution in [2.75, 3.05) is 12.0 Å². The molecule has 1 heterocycles. The number of hydrogen-bond acceptors (Lipinski definition) is 4. The van der Waals surface area contributed by atoms with Gasteiger partial charge in [-0.3, -0.25) is 4.79 Å². The second-order valence-corrected chi connectivity index (χ2v) is 5.10. The van der Waals surface area contributed by atoms with E-state index in [1.807, 2.05) is 0 Å². The quantitative estimate of drug-likeness (QED) is 0.416. The van der Waals surface area contributed by atoms with Gasteiger partial charge in [0.15, 0.2) is 0 Å². The molecule has 0 unspecified atom stereocenters. The van der Waals surface area contributed by atoms with Crippen molar-refractivity contribution in [2.24, 2.45) is 11.8 Å². The maximum absolute atomic E-state index is 11.9. The Kier molecular flexibility index (Phi) is 5.15. The Labute approximate surface area is 114 Å². The van der Waals surface area contributed by atoms with Crippen molar-refractivity contribution in [1.29, 1.82) is 0 Å². The van der Waals surface area contributed by atoms with Crippen LogP contribution in [-0.2, 0) is 0 Å². The Bertz CT molecular complexity index is 416. The molecule has 1 fully saturated rings. The zero-order valence-electron chi connectivity index (χ0n) is 11.2. The third-order valence-corrected chi connectivity index (χ3v) is 3.68. The van der Waals surface area contributed by atoms with Crippen LogP contribution in [0.1, 0.15) is 49.0 Å². The highest BCUT2D eigenvalue weighted by Gasteiger charge is 2.14. The fraction of sp³-hybridized carbons (Fsp3) is 0.571. The predicted molar refractivity (Wildman–Crippen MR) is 75.6 cm³/mol. The normalized spacial score (nSPS) is 15.4. The smallest absolute Gasteiger partial charge is 0.269 e. The molecule has 0 saturated heterocycles. The van der Waals surface area contributed by atoms with E-state index in [1.54, 1.807) is 18.2 Å². The molecule has 1 aliphatic carbocycles. The zero-order chi connectivity index (χ0) is 13.5. The fourth-order valence-corrected chi connectivity index (χ4v) is 2.62. The number of aromatic nitrogens is 1. The van der Waals surface area contributed by atoms with Gasteiger partial charge in [0.2, 0.25) is 0 Å². The van der Waals surface area contributed by atoms with Gasteiger partial charge in [0.1, 0.15) is 11.5 Å². The average molecular weight is 262 g/mol. The van der Waals surface area contributed by atoms with Gasteiger partial charge in [0.25, 0.3) is 5.91 Å². The Morgan fingerprint density at radius 3 is 2.89 bits per heavy atom. The highest BCUT2D eigenvalue weighted by atomic mass is 16.1. The highest BCUT2D eigenvalue weighted by Crippen LogP contribution is 2.28. The summed E-state index contributed by atoms with van der Waals surface area (Å²) in [5.41, 5.74) is 2.83. The topological polar surface area (TPSA) is 80.0 Å². The van der Waals surface area contributed by atoms with Gasteiger partial charge in [-0.1, -0.05) is 31.7 Å². The van der Waals surface area contributed by atoms with Crippen LogP contribution in [0.15, 0.2) is 18.2 Å². The van der Waals surface area contributed by atoms with Gasteiger partial charge in [-0.25, -0.2) is 10.8 Å². The number of nitrogens with zero attached hydrogens (tertiary/aromatic N) is 1. The lowest BCUT2D eigenvalue weighted by Gasteiger charge is -2.09. The van der Waals surface area contributed by atoms with E-state index in [1.165, 1.54) is 32.1 Å². The first-order valence-electron chi connectivity index (χ1n) is 7.01. The highest BCUT2D eigenvalue weighted by molar-refractivity contribution is 5.92. The second-order valence-electron chi connectivity index (χ2n) is 5.10. The zero-order valence-corrected chi connectivity index (χ0v) is 11.2. The number of hydrazine groups is 1. The minimum atomic E-state index is -0.136. The van der Waals surface area contributed by atoms with Crippen molar-refractivity contribution in [1.82, 2.24) is 10.3 Å². The van der Waals surface area contributed by atoms with E-state index in [-0.39, 0.29) is 5.91 Å². The molecule has 19 heavy (non-hydrogen) atoms. The first-order chi connectivity index (χ1) is 9.29. The minimum Gasteiger partial charge on any atom is -0.351 e. The molecule has 0 spiro atoms. The van der Waals surface area contributed by atoms with Crippen LogP contribution in [0.5, 0.6) is 0 Å². The first-order valence-corrected chi connectivity index (χ1v) is 7.01. The summed E-state index contributed by atoms with van der Waals surface area (Å²) < 4.78 is 0. The fourth-order valence-electron chi connectivity index (χ4n) is 2.62.